The van der Waals surface area contributed by atoms with Crippen molar-refractivity contribution in [3.8, 4) is 0 Å². The third-order valence-corrected chi connectivity index (χ3v) is 5.73. The summed E-state index contributed by atoms with van der Waals surface area (Å²) in [6.45, 7) is 5.85. The van der Waals surface area contributed by atoms with E-state index >= 15 is 0 Å². The Morgan fingerprint density at radius 2 is 2.27 bits per heavy atom. The molecule has 22 heavy (non-hydrogen) atoms. The number of aliphatic hydroxyl groups is 2. The first-order valence-electron chi connectivity index (χ1n) is 7.53. The molecule has 0 bridgehead atoms. The molecule has 5 atom stereocenters. The van der Waals surface area contributed by atoms with E-state index in [0.717, 1.165) is 17.6 Å². The van der Waals surface area contributed by atoms with Crippen molar-refractivity contribution in [2.45, 2.75) is 51.6 Å². The summed E-state index contributed by atoms with van der Waals surface area (Å²) in [5.41, 5.74) is 0.241. The minimum absolute atomic E-state index is 0.237. The van der Waals surface area contributed by atoms with Gasteiger partial charge in [-0.3, -0.25) is 4.79 Å². The lowest BCUT2D eigenvalue weighted by Gasteiger charge is -2.38. The zero-order valence-electron chi connectivity index (χ0n) is 13.1. The van der Waals surface area contributed by atoms with Crippen LogP contribution in [0.4, 0.5) is 0 Å². The number of allylic oxidation sites excluding steroid dienone is 1. The Kier molecular flexibility index (Phi) is 5.55. The van der Waals surface area contributed by atoms with Gasteiger partial charge in [-0.05, 0) is 30.1 Å². The number of carbonyl (C=O) groups is 1. The van der Waals surface area contributed by atoms with Crippen LogP contribution in [-0.2, 0) is 14.3 Å². The van der Waals surface area contributed by atoms with Gasteiger partial charge >= 0.3 is 5.97 Å². The van der Waals surface area contributed by atoms with E-state index in [9.17, 15) is 15.0 Å². The van der Waals surface area contributed by atoms with Gasteiger partial charge in [0.2, 0.25) is 0 Å². The highest BCUT2D eigenvalue weighted by Crippen LogP contribution is 2.46. The Morgan fingerprint density at radius 1 is 1.59 bits per heavy atom. The summed E-state index contributed by atoms with van der Waals surface area (Å²) in [7, 11) is 0. The average Bonchev–Trinajstić information content (AvgIpc) is 2.75. The molecular weight excluding hydrogens is 399 g/mol. The highest BCUT2D eigenvalue weighted by Gasteiger charge is 2.55. The summed E-state index contributed by atoms with van der Waals surface area (Å²) < 4.78 is 11.3. The second kappa shape index (κ2) is 6.88. The fourth-order valence-corrected chi connectivity index (χ4v) is 3.74. The molecule has 0 saturated heterocycles. The number of aliphatic hydroxyl groups excluding tert-OH is 1. The number of fused-ring (bicyclic) bond motifs is 1. The number of rotatable bonds is 5. The van der Waals surface area contributed by atoms with Crippen molar-refractivity contribution in [1.29, 1.82) is 0 Å². The Morgan fingerprint density at radius 3 is 2.86 bits per heavy atom. The third-order valence-electron chi connectivity index (χ3n) is 4.50. The molecule has 0 aromatic rings. The number of hydrogen-bond donors (Lipinski definition) is 2. The topological polar surface area (TPSA) is 76.0 Å². The molecule has 1 aliphatic carbocycles. The Balaban J connectivity index is 2.19. The fourth-order valence-electron chi connectivity index (χ4n) is 2.81. The summed E-state index contributed by atoms with van der Waals surface area (Å²) in [5.74, 6) is -0.671. The van der Waals surface area contributed by atoms with Gasteiger partial charge in [0.1, 0.15) is 11.7 Å². The van der Waals surface area contributed by atoms with Crippen molar-refractivity contribution >= 4 is 28.6 Å². The van der Waals surface area contributed by atoms with Crippen molar-refractivity contribution in [1.82, 2.24) is 0 Å². The van der Waals surface area contributed by atoms with Crippen LogP contribution in [0.5, 0.6) is 0 Å². The predicted octanol–water partition coefficient (Wildman–Crippen LogP) is 2.31. The molecule has 0 amide bonds. The van der Waals surface area contributed by atoms with Crippen molar-refractivity contribution in [2.75, 3.05) is 4.43 Å². The van der Waals surface area contributed by atoms with E-state index in [-0.39, 0.29) is 11.9 Å². The standard InChI is InChI=1S/C16H23IO5/c1-4-9(2)5-13(19)22-15-14-11(10(3)7-21-15)6-12(18)16(14,20)8-17/h6-7,9,12,14-15,18,20H,4-5,8H2,1-3H3. The van der Waals surface area contributed by atoms with Crippen LogP contribution < -0.4 is 0 Å². The minimum atomic E-state index is -1.38. The van der Waals surface area contributed by atoms with E-state index in [1.807, 2.05) is 43.4 Å². The maximum atomic E-state index is 12.0. The van der Waals surface area contributed by atoms with Gasteiger partial charge in [-0.1, -0.05) is 42.9 Å². The third kappa shape index (κ3) is 3.19. The highest BCUT2D eigenvalue weighted by atomic mass is 127. The van der Waals surface area contributed by atoms with Gasteiger partial charge in [0, 0.05) is 10.8 Å². The van der Waals surface area contributed by atoms with Crippen LogP contribution in [0.3, 0.4) is 0 Å². The predicted molar refractivity (Wildman–Crippen MR) is 90.2 cm³/mol. The lowest BCUT2D eigenvalue weighted by Crippen LogP contribution is -2.52. The van der Waals surface area contributed by atoms with Gasteiger partial charge in [0.05, 0.1) is 12.2 Å². The molecular formula is C16H23IO5. The monoisotopic (exact) mass is 422 g/mol. The van der Waals surface area contributed by atoms with Crippen LogP contribution in [0.1, 0.15) is 33.6 Å². The Labute approximate surface area is 144 Å². The SMILES string of the molecule is CCC(C)CC(=O)OC1OC=C(C)C2=CC(O)C(O)(CI)C21. The number of ether oxygens (including phenoxy) is 2. The van der Waals surface area contributed by atoms with Crippen LogP contribution in [0.15, 0.2) is 23.5 Å². The lowest BCUT2D eigenvalue weighted by atomic mass is 9.83. The molecule has 1 heterocycles. The number of carbonyl (C=O) groups excluding carboxylic acids is 1. The molecule has 0 saturated carbocycles. The van der Waals surface area contributed by atoms with Gasteiger partial charge in [0.25, 0.3) is 6.29 Å². The molecule has 2 aliphatic rings. The average molecular weight is 422 g/mol. The molecule has 0 fully saturated rings. The Bertz CT molecular complexity index is 501. The van der Waals surface area contributed by atoms with E-state index in [1.54, 1.807) is 6.08 Å². The normalized spacial score (nSPS) is 35.1. The van der Waals surface area contributed by atoms with E-state index < -0.39 is 23.9 Å². The number of hydrogen-bond acceptors (Lipinski definition) is 5. The number of esters is 1. The summed E-state index contributed by atoms with van der Waals surface area (Å²) in [6.07, 6.45) is 2.47. The van der Waals surface area contributed by atoms with Crippen LogP contribution in [-0.4, -0.2) is 38.6 Å². The van der Waals surface area contributed by atoms with Crippen LogP contribution in [0, 0.1) is 11.8 Å². The van der Waals surface area contributed by atoms with Crippen molar-refractivity contribution < 1.29 is 24.5 Å². The highest BCUT2D eigenvalue weighted by molar-refractivity contribution is 14.1. The largest absolute Gasteiger partial charge is 0.461 e. The molecule has 5 unspecified atom stereocenters. The van der Waals surface area contributed by atoms with Gasteiger partial charge < -0.3 is 19.7 Å². The quantitative estimate of drug-likeness (QED) is 0.404. The van der Waals surface area contributed by atoms with Gasteiger partial charge in [-0.2, -0.15) is 0 Å². The zero-order valence-corrected chi connectivity index (χ0v) is 15.2. The van der Waals surface area contributed by atoms with Gasteiger partial charge in [-0.25, -0.2) is 0 Å². The lowest BCUT2D eigenvalue weighted by molar-refractivity contribution is -0.198. The fraction of sp³-hybridized carbons (Fsp3) is 0.688. The van der Waals surface area contributed by atoms with E-state index in [2.05, 4.69) is 0 Å². The smallest absolute Gasteiger partial charge is 0.309 e. The molecule has 0 aromatic heterocycles. The molecule has 124 valence electrons. The summed E-state index contributed by atoms with van der Waals surface area (Å²) in [6, 6.07) is 0. The van der Waals surface area contributed by atoms with E-state index in [0.29, 0.717) is 10.8 Å². The first kappa shape index (κ1) is 17.7. The summed E-state index contributed by atoms with van der Waals surface area (Å²) in [4.78, 5) is 12.0. The first-order valence-corrected chi connectivity index (χ1v) is 9.06. The summed E-state index contributed by atoms with van der Waals surface area (Å²) in [5, 5.41) is 21.0. The van der Waals surface area contributed by atoms with Crippen molar-refractivity contribution in [3.63, 3.8) is 0 Å². The number of alkyl halides is 1. The van der Waals surface area contributed by atoms with Gasteiger partial charge in [-0.15, -0.1) is 0 Å². The molecule has 1 aliphatic heterocycles. The molecule has 2 rings (SSSR count). The molecule has 5 nitrogen and oxygen atoms in total. The van der Waals surface area contributed by atoms with Crippen LogP contribution in [0.2, 0.25) is 0 Å². The van der Waals surface area contributed by atoms with Crippen LogP contribution in [0.25, 0.3) is 0 Å². The van der Waals surface area contributed by atoms with E-state index in [1.165, 1.54) is 6.26 Å². The maximum absolute atomic E-state index is 12.0. The minimum Gasteiger partial charge on any atom is -0.461 e. The summed E-state index contributed by atoms with van der Waals surface area (Å²) >= 11 is 2.03. The van der Waals surface area contributed by atoms with Crippen molar-refractivity contribution in [2.24, 2.45) is 11.8 Å². The molecule has 0 aromatic carbocycles. The van der Waals surface area contributed by atoms with Gasteiger partial charge in [0.15, 0.2) is 0 Å². The van der Waals surface area contributed by atoms with Crippen molar-refractivity contribution in [3.05, 3.63) is 23.5 Å². The number of halogens is 1. The molecule has 0 radical (unpaired) electrons. The second-order valence-corrected chi connectivity index (χ2v) is 6.94. The van der Waals surface area contributed by atoms with E-state index in [4.69, 9.17) is 9.47 Å². The Hall–Kier alpha value is -0.600. The first-order chi connectivity index (χ1) is 10.3. The zero-order chi connectivity index (χ0) is 16.5. The molecule has 0 spiro atoms. The molecule has 6 heteroatoms. The second-order valence-electron chi connectivity index (χ2n) is 6.18. The maximum Gasteiger partial charge on any atom is 0.309 e. The molecule has 2 N–H and O–H groups in total. The van der Waals surface area contributed by atoms with Crippen LogP contribution >= 0.6 is 22.6 Å².